The van der Waals surface area contributed by atoms with Gasteiger partial charge in [0.1, 0.15) is 5.69 Å². The number of nitro benzene ring substituents is 1. The highest BCUT2D eigenvalue weighted by molar-refractivity contribution is 5.70. The SMILES string of the molecule is N#Cc1ccc(NC2CCCC(C(=O)O)C2)c([N+](=O)[O-])c1. The maximum absolute atomic E-state index is 11.1. The molecule has 1 aliphatic carbocycles. The van der Waals surface area contributed by atoms with Crippen LogP contribution >= 0.6 is 0 Å². The summed E-state index contributed by atoms with van der Waals surface area (Å²) in [7, 11) is 0. The van der Waals surface area contributed by atoms with Gasteiger partial charge < -0.3 is 10.4 Å². The molecule has 0 radical (unpaired) electrons. The first kappa shape index (κ1) is 14.8. The number of carbonyl (C=O) groups is 1. The maximum atomic E-state index is 11.1. The molecule has 2 rings (SSSR count). The Labute approximate surface area is 121 Å². The lowest BCUT2D eigenvalue weighted by Gasteiger charge is -2.28. The van der Waals surface area contributed by atoms with Crippen LogP contribution < -0.4 is 5.32 Å². The fourth-order valence-corrected chi connectivity index (χ4v) is 2.64. The summed E-state index contributed by atoms with van der Waals surface area (Å²) in [6.45, 7) is 0. The Kier molecular flexibility index (Phi) is 4.38. The zero-order valence-electron chi connectivity index (χ0n) is 11.3. The Morgan fingerprint density at radius 3 is 2.86 bits per heavy atom. The van der Waals surface area contributed by atoms with Gasteiger partial charge in [-0.2, -0.15) is 5.26 Å². The van der Waals surface area contributed by atoms with Crippen LogP contribution in [0.1, 0.15) is 31.2 Å². The van der Waals surface area contributed by atoms with Crippen LogP contribution in [0, 0.1) is 27.4 Å². The zero-order valence-corrected chi connectivity index (χ0v) is 11.3. The van der Waals surface area contributed by atoms with Crippen molar-refractivity contribution in [3.8, 4) is 6.07 Å². The average molecular weight is 289 g/mol. The minimum atomic E-state index is -0.823. The molecule has 7 heteroatoms. The van der Waals surface area contributed by atoms with E-state index in [0.29, 0.717) is 18.5 Å². The molecule has 1 fully saturated rings. The number of hydrogen-bond acceptors (Lipinski definition) is 5. The summed E-state index contributed by atoms with van der Waals surface area (Å²) in [5, 5.41) is 32.0. The molecule has 2 atom stereocenters. The number of nitrogens with zero attached hydrogens (tertiary/aromatic N) is 2. The van der Waals surface area contributed by atoms with Crippen molar-refractivity contribution in [2.24, 2.45) is 5.92 Å². The van der Waals surface area contributed by atoms with Gasteiger partial charge in [0.15, 0.2) is 0 Å². The Morgan fingerprint density at radius 1 is 1.48 bits per heavy atom. The smallest absolute Gasteiger partial charge is 0.306 e. The highest BCUT2D eigenvalue weighted by atomic mass is 16.6. The molecule has 0 saturated heterocycles. The van der Waals surface area contributed by atoms with Crippen molar-refractivity contribution in [3.05, 3.63) is 33.9 Å². The lowest BCUT2D eigenvalue weighted by Crippen LogP contribution is -2.31. The summed E-state index contributed by atoms with van der Waals surface area (Å²) in [6.07, 6.45) is 2.65. The monoisotopic (exact) mass is 289 g/mol. The summed E-state index contributed by atoms with van der Waals surface area (Å²) in [5.41, 5.74) is 0.390. The van der Waals surface area contributed by atoms with Crippen molar-refractivity contribution in [1.29, 1.82) is 5.26 Å². The molecular weight excluding hydrogens is 274 g/mol. The van der Waals surface area contributed by atoms with Crippen LogP contribution in [0.25, 0.3) is 0 Å². The molecule has 1 aromatic carbocycles. The third kappa shape index (κ3) is 3.48. The molecule has 0 bridgehead atoms. The van der Waals surface area contributed by atoms with Gasteiger partial charge in [0.2, 0.25) is 0 Å². The number of hydrogen-bond donors (Lipinski definition) is 2. The average Bonchev–Trinajstić information content (AvgIpc) is 2.47. The lowest BCUT2D eigenvalue weighted by atomic mass is 9.85. The quantitative estimate of drug-likeness (QED) is 0.649. The molecule has 2 N–H and O–H groups in total. The number of carboxylic acids is 1. The van der Waals surface area contributed by atoms with E-state index in [4.69, 9.17) is 10.4 Å². The largest absolute Gasteiger partial charge is 0.481 e. The van der Waals surface area contributed by atoms with Crippen molar-refractivity contribution in [2.45, 2.75) is 31.7 Å². The van der Waals surface area contributed by atoms with E-state index in [1.807, 2.05) is 6.07 Å². The Hall–Kier alpha value is -2.62. The number of anilines is 1. The van der Waals surface area contributed by atoms with E-state index < -0.39 is 16.8 Å². The lowest BCUT2D eigenvalue weighted by molar-refractivity contribution is -0.384. The number of benzene rings is 1. The normalized spacial score (nSPS) is 21.3. The standard InChI is InChI=1S/C14H15N3O4/c15-8-9-4-5-12(13(6-9)17(20)21)16-11-3-1-2-10(7-11)14(18)19/h4-6,10-11,16H,1-3,7H2,(H,18,19). The van der Waals surface area contributed by atoms with Gasteiger partial charge >= 0.3 is 5.97 Å². The van der Waals surface area contributed by atoms with Crippen LogP contribution in [-0.2, 0) is 4.79 Å². The summed E-state index contributed by atoms with van der Waals surface area (Å²) in [4.78, 5) is 21.6. The van der Waals surface area contributed by atoms with Crippen LogP contribution in [0.4, 0.5) is 11.4 Å². The fraction of sp³-hybridized carbons (Fsp3) is 0.429. The number of nitriles is 1. The third-order valence-electron chi connectivity index (χ3n) is 3.71. The summed E-state index contributed by atoms with van der Waals surface area (Å²) in [5.74, 6) is -1.23. The van der Waals surface area contributed by atoms with E-state index in [-0.39, 0.29) is 17.3 Å². The van der Waals surface area contributed by atoms with Crippen LogP contribution in [0.5, 0.6) is 0 Å². The van der Waals surface area contributed by atoms with Gasteiger partial charge in [0, 0.05) is 12.1 Å². The Morgan fingerprint density at radius 2 is 2.24 bits per heavy atom. The van der Waals surface area contributed by atoms with Gasteiger partial charge in [-0.1, -0.05) is 6.42 Å². The van der Waals surface area contributed by atoms with E-state index in [1.54, 1.807) is 0 Å². The van der Waals surface area contributed by atoms with E-state index in [1.165, 1.54) is 18.2 Å². The van der Waals surface area contributed by atoms with E-state index in [9.17, 15) is 14.9 Å². The summed E-state index contributed by atoms with van der Waals surface area (Å²) in [6, 6.07) is 5.99. The van der Waals surface area contributed by atoms with Crippen molar-refractivity contribution in [3.63, 3.8) is 0 Å². The molecule has 0 aliphatic heterocycles. The number of rotatable bonds is 4. The minimum absolute atomic E-state index is 0.105. The van der Waals surface area contributed by atoms with Crippen LogP contribution in [-0.4, -0.2) is 22.0 Å². The predicted octanol–water partition coefficient (Wildman–Crippen LogP) is 2.52. The first-order valence-corrected chi connectivity index (χ1v) is 6.69. The molecule has 21 heavy (non-hydrogen) atoms. The Balaban J connectivity index is 2.17. The van der Waals surface area contributed by atoms with Crippen molar-refractivity contribution >= 4 is 17.3 Å². The van der Waals surface area contributed by atoms with Crippen molar-refractivity contribution in [2.75, 3.05) is 5.32 Å². The third-order valence-corrected chi connectivity index (χ3v) is 3.71. The van der Waals surface area contributed by atoms with Crippen LogP contribution in [0.2, 0.25) is 0 Å². The molecule has 1 saturated carbocycles. The molecule has 0 spiro atoms. The molecule has 7 nitrogen and oxygen atoms in total. The van der Waals surface area contributed by atoms with Crippen molar-refractivity contribution in [1.82, 2.24) is 0 Å². The second-order valence-electron chi connectivity index (χ2n) is 5.14. The van der Waals surface area contributed by atoms with Crippen LogP contribution in [0.3, 0.4) is 0 Å². The highest BCUT2D eigenvalue weighted by Crippen LogP contribution is 2.31. The number of aliphatic carboxylic acids is 1. The predicted molar refractivity (Wildman–Crippen MR) is 74.8 cm³/mol. The number of nitrogens with one attached hydrogen (secondary N) is 1. The van der Waals surface area contributed by atoms with Gasteiger partial charge in [-0.25, -0.2) is 0 Å². The zero-order chi connectivity index (χ0) is 15.4. The van der Waals surface area contributed by atoms with Gasteiger partial charge in [-0.15, -0.1) is 0 Å². The topological polar surface area (TPSA) is 116 Å². The first-order chi connectivity index (χ1) is 10.0. The molecule has 110 valence electrons. The maximum Gasteiger partial charge on any atom is 0.306 e. The van der Waals surface area contributed by atoms with Crippen LogP contribution in [0.15, 0.2) is 18.2 Å². The molecule has 1 aliphatic rings. The molecule has 2 unspecified atom stereocenters. The summed E-state index contributed by atoms with van der Waals surface area (Å²) < 4.78 is 0. The number of nitro groups is 1. The van der Waals surface area contributed by atoms with E-state index in [2.05, 4.69) is 5.32 Å². The number of carboxylic acid groups (broad SMARTS) is 1. The van der Waals surface area contributed by atoms with Gasteiger partial charge in [-0.3, -0.25) is 14.9 Å². The highest BCUT2D eigenvalue weighted by Gasteiger charge is 2.28. The fourth-order valence-electron chi connectivity index (χ4n) is 2.64. The molecule has 0 amide bonds. The van der Waals surface area contributed by atoms with Crippen molar-refractivity contribution < 1.29 is 14.8 Å². The molecule has 0 heterocycles. The molecular formula is C14H15N3O4. The molecule has 0 aromatic heterocycles. The minimum Gasteiger partial charge on any atom is -0.481 e. The van der Waals surface area contributed by atoms with Gasteiger partial charge in [0.25, 0.3) is 5.69 Å². The van der Waals surface area contributed by atoms with Gasteiger partial charge in [-0.05, 0) is 31.4 Å². The summed E-state index contributed by atoms with van der Waals surface area (Å²) >= 11 is 0. The van der Waals surface area contributed by atoms with E-state index >= 15 is 0 Å². The van der Waals surface area contributed by atoms with E-state index in [0.717, 1.165) is 12.8 Å². The second-order valence-corrected chi connectivity index (χ2v) is 5.14. The second kappa shape index (κ2) is 6.22. The van der Waals surface area contributed by atoms with Gasteiger partial charge in [0.05, 0.1) is 22.5 Å². The Bertz CT molecular complexity index is 609. The molecule has 1 aromatic rings. The first-order valence-electron chi connectivity index (χ1n) is 6.69.